The van der Waals surface area contributed by atoms with Gasteiger partial charge in [0.1, 0.15) is 6.04 Å². The molecule has 2 aliphatic rings. The molecule has 1 saturated heterocycles. The predicted molar refractivity (Wildman–Crippen MR) is 168 cm³/mol. The first-order valence-electron chi connectivity index (χ1n) is 14.2. The number of carbonyl (C=O) groups excluding carboxylic acids is 2. The maximum Gasteiger partial charge on any atom is 0.247 e. The largest absolute Gasteiger partial charge is 0.368 e. The van der Waals surface area contributed by atoms with Gasteiger partial charge < -0.3 is 25.8 Å². The van der Waals surface area contributed by atoms with Gasteiger partial charge in [-0.15, -0.1) is 11.6 Å². The molecular weight excluding hydrogens is 602 g/mol. The Morgan fingerprint density at radius 2 is 1.66 bits per heavy atom. The van der Waals surface area contributed by atoms with Crippen LogP contribution in [-0.2, 0) is 22.6 Å². The van der Waals surface area contributed by atoms with Crippen molar-refractivity contribution < 1.29 is 9.59 Å². The first-order valence-corrected chi connectivity index (χ1v) is 15.4. The van der Waals surface area contributed by atoms with Crippen LogP contribution in [-0.4, -0.2) is 62.0 Å². The highest BCUT2D eigenvalue weighted by Gasteiger charge is 2.36. The molecule has 0 aliphatic carbocycles. The smallest absolute Gasteiger partial charge is 0.247 e. The Balaban J connectivity index is 1.31. The molecule has 216 valence electrons. The summed E-state index contributed by atoms with van der Waals surface area (Å²) in [7, 11) is 1.96. The molecule has 0 radical (unpaired) electrons. The summed E-state index contributed by atoms with van der Waals surface area (Å²) in [5.41, 5.74) is 5.51. The van der Waals surface area contributed by atoms with Crippen molar-refractivity contribution in [1.82, 2.24) is 20.9 Å². The Bertz CT molecular complexity index is 1370. The van der Waals surface area contributed by atoms with Crippen molar-refractivity contribution in [3.63, 3.8) is 0 Å². The minimum absolute atomic E-state index is 0.155. The van der Waals surface area contributed by atoms with Gasteiger partial charge in [0.15, 0.2) is 0 Å². The number of halogens is 2. The third-order valence-corrected chi connectivity index (χ3v) is 9.19. The number of hydrogen-bond donors (Lipinski definition) is 3. The van der Waals surface area contributed by atoms with E-state index in [1.807, 2.05) is 54.4 Å². The number of piperazine rings is 1. The molecular formula is C32H37BrClN5O2. The number of rotatable bonds is 8. The zero-order valence-corrected chi connectivity index (χ0v) is 25.8. The molecule has 0 aromatic heterocycles. The molecule has 2 aliphatic heterocycles. The number of amides is 2. The molecule has 41 heavy (non-hydrogen) atoms. The lowest BCUT2D eigenvalue weighted by atomic mass is 9.95. The fraction of sp³-hybridized carbons (Fsp3) is 0.375. The molecule has 3 aromatic carbocycles. The van der Waals surface area contributed by atoms with Crippen molar-refractivity contribution in [3.05, 3.63) is 99.5 Å². The van der Waals surface area contributed by atoms with Crippen LogP contribution in [0.15, 0.2) is 77.3 Å². The maximum atomic E-state index is 14.0. The second-order valence-electron chi connectivity index (χ2n) is 10.7. The van der Waals surface area contributed by atoms with E-state index in [1.54, 1.807) is 0 Å². The van der Waals surface area contributed by atoms with Crippen molar-refractivity contribution >= 4 is 45.0 Å². The Hall–Kier alpha value is -2.91. The van der Waals surface area contributed by atoms with Crippen LogP contribution in [0.2, 0.25) is 0 Å². The molecule has 0 saturated carbocycles. The summed E-state index contributed by atoms with van der Waals surface area (Å²) in [4.78, 5) is 31.7. The minimum atomic E-state index is -0.885. The van der Waals surface area contributed by atoms with Gasteiger partial charge in [-0.25, -0.2) is 0 Å². The highest BCUT2D eigenvalue weighted by Crippen LogP contribution is 2.31. The molecule has 2 amide bonds. The van der Waals surface area contributed by atoms with Gasteiger partial charge in [-0.3, -0.25) is 9.59 Å². The van der Waals surface area contributed by atoms with Gasteiger partial charge in [0.25, 0.3) is 0 Å². The second-order valence-corrected chi connectivity index (χ2v) is 12.1. The van der Waals surface area contributed by atoms with Gasteiger partial charge in [0, 0.05) is 48.9 Å². The monoisotopic (exact) mass is 637 g/mol. The predicted octanol–water partition coefficient (Wildman–Crippen LogP) is 4.56. The van der Waals surface area contributed by atoms with Gasteiger partial charge in [0.2, 0.25) is 11.8 Å². The topological polar surface area (TPSA) is 76.7 Å². The van der Waals surface area contributed by atoms with Crippen molar-refractivity contribution in [2.45, 2.75) is 43.4 Å². The molecule has 4 atom stereocenters. The third kappa shape index (κ3) is 6.78. The average Bonchev–Trinajstić information content (AvgIpc) is 3.02. The number of alkyl halides is 1. The van der Waals surface area contributed by atoms with E-state index in [-0.39, 0.29) is 17.9 Å². The lowest BCUT2D eigenvalue weighted by Crippen LogP contribution is -2.58. The van der Waals surface area contributed by atoms with Gasteiger partial charge in [-0.05, 0) is 60.8 Å². The number of fused-ring (bicyclic) bond motifs is 1. The van der Waals surface area contributed by atoms with E-state index >= 15 is 0 Å². The van der Waals surface area contributed by atoms with Crippen molar-refractivity contribution in [2.75, 3.05) is 38.1 Å². The summed E-state index contributed by atoms with van der Waals surface area (Å²) in [5, 5.41) is 9.01. The van der Waals surface area contributed by atoms with Crippen molar-refractivity contribution in [1.29, 1.82) is 0 Å². The molecule has 1 fully saturated rings. The molecule has 2 heterocycles. The molecule has 7 nitrogen and oxygen atoms in total. The van der Waals surface area contributed by atoms with Crippen LogP contribution in [0, 0.1) is 0 Å². The highest BCUT2D eigenvalue weighted by atomic mass is 79.9. The normalized spacial score (nSPS) is 19.2. The third-order valence-electron chi connectivity index (χ3n) is 8.19. The number of anilines is 1. The molecule has 5 rings (SSSR count). The number of nitrogens with zero attached hydrogens (tertiary/aromatic N) is 2. The maximum absolute atomic E-state index is 14.0. The Labute approximate surface area is 255 Å². The molecule has 3 aromatic rings. The van der Waals surface area contributed by atoms with Crippen LogP contribution in [0.4, 0.5) is 5.69 Å². The summed E-state index contributed by atoms with van der Waals surface area (Å²) in [5.74, 6) is -0.365. The minimum Gasteiger partial charge on any atom is -0.368 e. The zero-order valence-electron chi connectivity index (χ0n) is 23.4. The fourth-order valence-corrected chi connectivity index (χ4v) is 6.36. The number of hydrogen-bond acceptors (Lipinski definition) is 5. The molecule has 4 unspecified atom stereocenters. The fourth-order valence-electron chi connectivity index (χ4n) is 5.66. The van der Waals surface area contributed by atoms with Gasteiger partial charge in [-0.2, -0.15) is 0 Å². The number of carbonyl (C=O) groups is 2. The van der Waals surface area contributed by atoms with E-state index in [9.17, 15) is 9.59 Å². The van der Waals surface area contributed by atoms with Gasteiger partial charge in [0.05, 0.1) is 11.4 Å². The standard InChI is InChI=1S/C32H37BrClN5O2/c1-21(35-2)26-19-25(33)12-13-28(26)38-14-16-39(17-15-38)32(41)30(29(34)22-8-4-3-5-9-22)37-31(40)27-18-23-10-6-7-11-24(23)20-36-27/h3-13,19,21,27,29-30,35-36H,14-18,20H2,1-2H3,(H,37,40). The first-order chi connectivity index (χ1) is 19.9. The van der Waals surface area contributed by atoms with E-state index in [4.69, 9.17) is 11.6 Å². The summed E-state index contributed by atoms with van der Waals surface area (Å²) < 4.78 is 1.04. The van der Waals surface area contributed by atoms with E-state index < -0.39 is 17.5 Å². The number of nitrogens with one attached hydrogen (secondary N) is 3. The van der Waals surface area contributed by atoms with Crippen LogP contribution in [0.25, 0.3) is 0 Å². The van der Waals surface area contributed by atoms with Crippen molar-refractivity contribution in [2.24, 2.45) is 0 Å². The molecule has 0 bridgehead atoms. The lowest BCUT2D eigenvalue weighted by molar-refractivity contribution is -0.137. The molecule has 3 N–H and O–H groups in total. The van der Waals surface area contributed by atoms with E-state index in [0.717, 1.165) is 21.3 Å². The zero-order chi connectivity index (χ0) is 28.9. The molecule has 9 heteroatoms. The number of benzene rings is 3. The summed E-state index contributed by atoms with van der Waals surface area (Å²) in [6.45, 7) is 5.22. The van der Waals surface area contributed by atoms with Gasteiger partial charge >= 0.3 is 0 Å². The lowest BCUT2D eigenvalue weighted by Gasteiger charge is -2.39. The Morgan fingerprint density at radius 3 is 2.37 bits per heavy atom. The quantitative estimate of drug-likeness (QED) is 0.316. The van der Waals surface area contributed by atoms with Crippen molar-refractivity contribution in [3.8, 4) is 0 Å². The van der Waals surface area contributed by atoms with E-state index in [2.05, 4.69) is 74.0 Å². The van der Waals surface area contributed by atoms with Gasteiger partial charge in [-0.1, -0.05) is 70.5 Å². The Morgan fingerprint density at radius 1 is 0.976 bits per heavy atom. The Kier molecular flexibility index (Phi) is 9.65. The van der Waals surface area contributed by atoms with E-state index in [0.29, 0.717) is 39.1 Å². The van der Waals surface area contributed by atoms with Crippen LogP contribution in [0.5, 0.6) is 0 Å². The highest BCUT2D eigenvalue weighted by molar-refractivity contribution is 9.10. The second kappa shape index (κ2) is 13.4. The van der Waals surface area contributed by atoms with Crippen LogP contribution in [0.3, 0.4) is 0 Å². The van der Waals surface area contributed by atoms with Crippen LogP contribution >= 0.6 is 27.5 Å². The summed E-state index contributed by atoms with van der Waals surface area (Å²) >= 11 is 10.6. The average molecular weight is 639 g/mol. The first kappa shape index (κ1) is 29.6. The van der Waals surface area contributed by atoms with E-state index in [1.165, 1.54) is 11.1 Å². The van der Waals surface area contributed by atoms with Crippen LogP contribution in [0.1, 0.15) is 40.6 Å². The summed E-state index contributed by atoms with van der Waals surface area (Å²) in [6, 6.07) is 22.8. The summed E-state index contributed by atoms with van der Waals surface area (Å²) in [6.07, 6.45) is 0.570. The SMILES string of the molecule is CNC(C)c1cc(Br)ccc1N1CCN(C(=O)C(NC(=O)C2Cc3ccccc3CN2)C(Cl)c2ccccc2)CC1. The molecule has 0 spiro atoms. The van der Waals surface area contributed by atoms with Crippen LogP contribution < -0.4 is 20.9 Å².